The van der Waals surface area contributed by atoms with Crippen LogP contribution in [0.5, 0.6) is 5.75 Å². The largest absolute Gasteiger partial charge is 0.508 e. The number of benzene rings is 2. The highest BCUT2D eigenvalue weighted by Gasteiger charge is 2.40. The number of hydrogen-bond donors (Lipinski definition) is 3. The van der Waals surface area contributed by atoms with E-state index in [1.807, 2.05) is 52.8 Å². The zero-order valence-corrected chi connectivity index (χ0v) is 39.7. The van der Waals surface area contributed by atoms with Crippen LogP contribution in [0.1, 0.15) is 70.6 Å². The molecule has 358 valence electrons. The molecule has 3 aliphatic rings. The number of esters is 1. The Morgan fingerprint density at radius 1 is 1.15 bits per heavy atom. The summed E-state index contributed by atoms with van der Waals surface area (Å²) in [5.74, 6) is -3.52. The molecule has 4 aromatic rings. The molecule has 0 aliphatic carbocycles. The van der Waals surface area contributed by atoms with Crippen LogP contribution in [-0.4, -0.2) is 124 Å². The van der Waals surface area contributed by atoms with Crippen LogP contribution < -0.4 is 10.7 Å². The van der Waals surface area contributed by atoms with Crippen LogP contribution in [0.3, 0.4) is 0 Å². The molecule has 3 N–H and O–H groups in total. The van der Waals surface area contributed by atoms with Crippen molar-refractivity contribution in [3.63, 3.8) is 0 Å². The average Bonchev–Trinajstić information content (AvgIpc) is 3.91. The summed E-state index contributed by atoms with van der Waals surface area (Å²) < 4.78 is 29.9. The second-order valence-corrected chi connectivity index (χ2v) is 19.2. The number of hydrazine groups is 1. The number of likely N-dealkylation sites (tertiary alicyclic amines) is 1. The van der Waals surface area contributed by atoms with Crippen molar-refractivity contribution in [2.24, 2.45) is 17.3 Å². The van der Waals surface area contributed by atoms with Crippen LogP contribution >= 0.6 is 0 Å². The predicted molar refractivity (Wildman–Crippen MR) is 252 cm³/mol. The highest BCUT2D eigenvalue weighted by Crippen LogP contribution is 2.42. The minimum Gasteiger partial charge on any atom is -0.508 e. The molecule has 0 spiro atoms. The fraction of sp³-hybridized carbons (Fsp3) is 0.490. The van der Waals surface area contributed by atoms with Crippen molar-refractivity contribution in [2.75, 3.05) is 47.0 Å². The van der Waals surface area contributed by atoms with Gasteiger partial charge in [0.25, 0.3) is 5.91 Å². The van der Waals surface area contributed by atoms with Crippen molar-refractivity contribution < 1.29 is 42.9 Å². The van der Waals surface area contributed by atoms with Crippen LogP contribution in [-0.2, 0) is 59.3 Å². The molecular formula is C51H64FN7O8. The number of aromatic nitrogens is 2. The Bertz CT molecular complexity index is 2560. The van der Waals surface area contributed by atoms with E-state index in [0.717, 1.165) is 22.0 Å². The van der Waals surface area contributed by atoms with Crippen molar-refractivity contribution in [1.29, 1.82) is 0 Å². The summed E-state index contributed by atoms with van der Waals surface area (Å²) in [4.78, 5) is 77.2. The van der Waals surface area contributed by atoms with Gasteiger partial charge in [-0.2, -0.15) is 0 Å². The number of methoxy groups -OCH3 is 1. The SMILES string of the molecule is C=CC(=O)N1CC[C@H](C(=O)N(C)[C@H](C(=O)N[C@H]2Cc3cc(O)cc(c3)-c3cc4c(c(-c5c(F)cccc5CCOC)n(CC)c4cn3)CC(C)(C)COC(=O)[C@@H]3CCCN(N3)C2=O)C(C)C)C1. The molecular weight excluding hydrogens is 858 g/mol. The zero-order valence-electron chi connectivity index (χ0n) is 39.7. The van der Waals surface area contributed by atoms with Crippen LogP contribution in [0.25, 0.3) is 33.4 Å². The van der Waals surface area contributed by atoms with Gasteiger partial charge in [-0.05, 0) is 98.0 Å². The lowest BCUT2D eigenvalue weighted by Gasteiger charge is -2.37. The van der Waals surface area contributed by atoms with Crippen LogP contribution in [0.15, 0.2) is 61.3 Å². The normalized spacial score (nSPS) is 20.3. The topological polar surface area (TPSA) is 176 Å². The predicted octanol–water partition coefficient (Wildman–Crippen LogP) is 5.59. The average molecular weight is 922 g/mol. The number of amides is 4. The number of phenols is 1. The number of hydrogen-bond acceptors (Lipinski definition) is 10. The Morgan fingerprint density at radius 3 is 2.64 bits per heavy atom. The van der Waals surface area contributed by atoms with Gasteiger partial charge in [0.05, 0.1) is 42.2 Å². The second kappa shape index (κ2) is 20.4. The minimum absolute atomic E-state index is 0.0167. The summed E-state index contributed by atoms with van der Waals surface area (Å²) in [5, 5.41) is 16.4. The van der Waals surface area contributed by atoms with Crippen LogP contribution in [0, 0.1) is 23.1 Å². The molecule has 6 bridgehead atoms. The van der Waals surface area contributed by atoms with Gasteiger partial charge in [-0.15, -0.1) is 0 Å². The number of phenolic OH excluding ortho intramolecular Hbond substituents is 1. The molecule has 0 radical (unpaired) electrons. The highest BCUT2D eigenvalue weighted by molar-refractivity contribution is 5.95. The number of cyclic esters (lactones) is 1. The van der Waals surface area contributed by atoms with Gasteiger partial charge in [0.15, 0.2) is 0 Å². The Labute approximate surface area is 391 Å². The van der Waals surface area contributed by atoms with Gasteiger partial charge < -0.3 is 34.3 Å². The maximum atomic E-state index is 16.3. The third-order valence-electron chi connectivity index (χ3n) is 13.3. The third kappa shape index (κ3) is 10.4. The third-order valence-corrected chi connectivity index (χ3v) is 13.3. The second-order valence-electron chi connectivity index (χ2n) is 19.2. The van der Waals surface area contributed by atoms with Gasteiger partial charge in [-0.3, -0.25) is 34.0 Å². The van der Waals surface area contributed by atoms with Crippen molar-refractivity contribution >= 4 is 40.5 Å². The molecule has 5 heterocycles. The number of ether oxygens (including phenoxy) is 2. The first-order valence-corrected chi connectivity index (χ1v) is 23.3. The monoisotopic (exact) mass is 921 g/mol. The smallest absolute Gasteiger partial charge is 0.324 e. The first-order valence-electron chi connectivity index (χ1n) is 23.3. The summed E-state index contributed by atoms with van der Waals surface area (Å²) in [6.07, 6.45) is 5.08. The number of aryl methyl sites for hydroxylation is 1. The van der Waals surface area contributed by atoms with E-state index in [2.05, 4.69) is 21.9 Å². The molecule has 67 heavy (non-hydrogen) atoms. The fourth-order valence-electron chi connectivity index (χ4n) is 10.00. The standard InChI is InChI=1S/C51H64FN7O8/c1-9-43(61)57-19-16-33(28-57)48(63)56(7)45(30(3)4)47(62)54-41-23-31-21-34(24-35(60)22-31)40-25-36-37(26-51(5,6)29-67-50(65)39-15-12-18-59(55-39)49(41)64)46(58(10-2)42(36)27-53-40)44-32(17-20-66-8)13-11-14-38(44)52/h9,11,13-14,21-22,24-25,27,30,33,39,41,45,55,60H,1,10,12,15-20,23,26,28-29H2,2-8H3,(H,54,62)/t33-,39-,41-,45-/m0/s1. The van der Waals surface area contributed by atoms with E-state index in [1.54, 1.807) is 37.4 Å². The van der Waals surface area contributed by atoms with Gasteiger partial charge in [0.1, 0.15) is 29.7 Å². The van der Waals surface area contributed by atoms with E-state index in [4.69, 9.17) is 14.5 Å². The lowest BCUT2D eigenvalue weighted by Crippen LogP contribution is -2.62. The van der Waals surface area contributed by atoms with E-state index in [-0.39, 0.29) is 55.4 Å². The summed E-state index contributed by atoms with van der Waals surface area (Å²) in [5.41, 5.74) is 7.57. The van der Waals surface area contributed by atoms with Crippen molar-refractivity contribution in [1.82, 2.24) is 35.1 Å². The lowest BCUT2D eigenvalue weighted by molar-refractivity contribution is -0.155. The summed E-state index contributed by atoms with van der Waals surface area (Å²) in [7, 11) is 3.17. The van der Waals surface area contributed by atoms with Gasteiger partial charge >= 0.3 is 5.97 Å². The van der Waals surface area contributed by atoms with Gasteiger partial charge in [-0.25, -0.2) is 9.82 Å². The summed E-state index contributed by atoms with van der Waals surface area (Å²) >= 11 is 0. The molecule has 0 unspecified atom stereocenters. The maximum absolute atomic E-state index is 16.3. The number of rotatable bonds is 11. The Morgan fingerprint density at radius 2 is 1.93 bits per heavy atom. The molecule has 2 saturated heterocycles. The number of aromatic hydroxyl groups is 1. The van der Waals surface area contributed by atoms with Crippen molar-refractivity contribution in [2.45, 2.75) is 97.8 Å². The molecule has 2 fully saturated rings. The fourth-order valence-corrected chi connectivity index (χ4v) is 10.00. The maximum Gasteiger partial charge on any atom is 0.324 e. The van der Waals surface area contributed by atoms with Crippen LogP contribution in [0.2, 0.25) is 0 Å². The van der Waals surface area contributed by atoms with E-state index >= 15 is 4.39 Å². The van der Waals surface area contributed by atoms with Crippen molar-refractivity contribution in [3.05, 3.63) is 83.8 Å². The molecule has 0 saturated carbocycles. The number of likely N-dealkylation sites (N-methyl/N-ethyl adjacent to an activating group) is 1. The summed E-state index contributed by atoms with van der Waals surface area (Å²) in [6.45, 7) is 14.9. The van der Waals surface area contributed by atoms with Gasteiger partial charge in [0, 0.05) is 68.7 Å². The number of pyridine rings is 1. The first kappa shape index (κ1) is 48.8. The van der Waals surface area contributed by atoms with E-state index in [1.165, 1.54) is 28.1 Å². The molecule has 15 nitrogen and oxygen atoms in total. The molecule has 4 amide bonds. The highest BCUT2D eigenvalue weighted by atomic mass is 19.1. The van der Waals surface area contributed by atoms with Gasteiger partial charge in [0.2, 0.25) is 17.7 Å². The number of halogens is 1. The van der Waals surface area contributed by atoms with E-state index in [9.17, 15) is 29.1 Å². The Kier molecular flexibility index (Phi) is 14.9. The summed E-state index contributed by atoms with van der Waals surface area (Å²) in [6, 6.07) is 8.88. The molecule has 7 rings (SSSR count). The van der Waals surface area contributed by atoms with E-state index in [0.29, 0.717) is 79.9 Å². The molecule has 2 aromatic carbocycles. The number of fused-ring (bicyclic) bond motifs is 6. The zero-order chi connectivity index (χ0) is 48.3. The van der Waals surface area contributed by atoms with E-state index < -0.39 is 47.2 Å². The number of nitrogens with one attached hydrogen (secondary N) is 2. The molecule has 3 aliphatic heterocycles. The molecule has 2 aromatic heterocycles. The first-order chi connectivity index (χ1) is 31.9. The molecule has 4 atom stereocenters. The molecule has 16 heteroatoms. The Balaban J connectivity index is 1.31. The van der Waals surface area contributed by atoms with Crippen molar-refractivity contribution in [3.8, 4) is 28.3 Å². The van der Waals surface area contributed by atoms with Gasteiger partial charge in [-0.1, -0.05) is 46.4 Å². The lowest BCUT2D eigenvalue weighted by atomic mass is 9.84. The minimum atomic E-state index is -1.21. The van der Waals surface area contributed by atoms with Crippen LogP contribution in [0.4, 0.5) is 4.39 Å². The number of nitrogens with zero attached hydrogens (tertiary/aromatic N) is 5. The number of carbonyl (C=O) groups is 5. The quantitative estimate of drug-likeness (QED) is 0.127. The number of carbonyl (C=O) groups excluding carboxylic acids is 5. The Hall–Kier alpha value is -6.13.